The number of nitrogens with one attached hydrogen (secondary N) is 1. The van der Waals surface area contributed by atoms with Gasteiger partial charge in [-0.2, -0.15) is 4.98 Å². The van der Waals surface area contributed by atoms with Gasteiger partial charge >= 0.3 is 6.09 Å². The molecule has 0 saturated heterocycles. The number of anilines is 3. The molecule has 2 N–H and O–H groups in total. The number of fused-ring (bicyclic) bond motifs is 1. The fraction of sp³-hybridized carbons (Fsp3) is 0.478. The number of amides is 2. The molecule has 0 fully saturated rings. The van der Waals surface area contributed by atoms with Gasteiger partial charge in [0.15, 0.2) is 0 Å². The van der Waals surface area contributed by atoms with E-state index in [0.29, 0.717) is 48.4 Å². The van der Waals surface area contributed by atoms with E-state index in [4.69, 9.17) is 4.74 Å². The Labute approximate surface area is 194 Å². The molecule has 0 aliphatic carbocycles. The third kappa shape index (κ3) is 5.63. The summed E-state index contributed by atoms with van der Waals surface area (Å²) < 4.78 is 6.14. The van der Waals surface area contributed by atoms with E-state index in [0.717, 1.165) is 0 Å². The second-order valence-corrected chi connectivity index (χ2v) is 8.40. The molecule has 178 valence electrons. The summed E-state index contributed by atoms with van der Waals surface area (Å²) in [4.78, 5) is 38.3. The van der Waals surface area contributed by atoms with Crippen LogP contribution >= 0.6 is 0 Å². The molecule has 1 atom stereocenters. The van der Waals surface area contributed by atoms with Gasteiger partial charge in [0.25, 0.3) is 5.91 Å². The normalized spacial score (nSPS) is 14.5. The Morgan fingerprint density at radius 1 is 1.33 bits per heavy atom. The zero-order valence-electron chi connectivity index (χ0n) is 19.8. The summed E-state index contributed by atoms with van der Waals surface area (Å²) in [6.07, 6.45) is 0.232. The fourth-order valence-electron chi connectivity index (χ4n) is 3.54. The van der Waals surface area contributed by atoms with Gasteiger partial charge in [-0.3, -0.25) is 4.79 Å². The van der Waals surface area contributed by atoms with Crippen molar-refractivity contribution in [3.8, 4) is 5.75 Å². The zero-order valence-corrected chi connectivity index (χ0v) is 19.8. The molecule has 0 bridgehead atoms. The van der Waals surface area contributed by atoms with Crippen LogP contribution in [-0.2, 0) is 0 Å². The molecule has 2 heterocycles. The molecule has 10 nitrogen and oxygen atoms in total. The molecule has 1 aromatic heterocycles. The summed E-state index contributed by atoms with van der Waals surface area (Å²) in [6, 6.07) is 7.31. The highest BCUT2D eigenvalue weighted by Gasteiger charge is 2.28. The van der Waals surface area contributed by atoms with E-state index in [1.54, 1.807) is 11.1 Å². The molecule has 1 aromatic carbocycles. The molecule has 1 aliphatic heterocycles. The number of carboxylic acid groups (broad SMARTS) is 1. The van der Waals surface area contributed by atoms with E-state index in [-0.39, 0.29) is 24.5 Å². The van der Waals surface area contributed by atoms with E-state index in [1.807, 2.05) is 57.0 Å². The molecule has 2 aromatic rings. The first-order valence-corrected chi connectivity index (χ1v) is 11.1. The minimum atomic E-state index is -1.00. The fourth-order valence-corrected chi connectivity index (χ4v) is 3.54. The minimum Gasteiger partial charge on any atom is -0.488 e. The number of likely N-dealkylation sites (N-methyl/N-ethyl adjacent to an activating group) is 2. The molecule has 1 unspecified atom stereocenters. The first kappa shape index (κ1) is 24.1. The summed E-state index contributed by atoms with van der Waals surface area (Å²) >= 11 is 0. The molecule has 3 rings (SSSR count). The molecule has 0 spiro atoms. The number of nitrogens with zero attached hydrogens (tertiary/aromatic N) is 5. The lowest BCUT2D eigenvalue weighted by atomic mass is 10.1. The molecule has 0 radical (unpaired) electrons. The first-order valence-electron chi connectivity index (χ1n) is 11.1. The van der Waals surface area contributed by atoms with Crippen LogP contribution in [0, 0.1) is 5.92 Å². The van der Waals surface area contributed by atoms with Crippen LogP contribution in [0.2, 0.25) is 0 Å². The van der Waals surface area contributed by atoms with Crippen molar-refractivity contribution < 1.29 is 19.4 Å². The highest BCUT2D eigenvalue weighted by Crippen LogP contribution is 2.29. The van der Waals surface area contributed by atoms with E-state index >= 15 is 0 Å². The largest absolute Gasteiger partial charge is 0.488 e. The van der Waals surface area contributed by atoms with Crippen LogP contribution in [0.25, 0.3) is 0 Å². The third-order valence-corrected chi connectivity index (χ3v) is 5.54. The predicted octanol–water partition coefficient (Wildman–Crippen LogP) is 3.02. The van der Waals surface area contributed by atoms with Crippen molar-refractivity contribution in [3.63, 3.8) is 0 Å². The van der Waals surface area contributed by atoms with Crippen LogP contribution in [0.1, 0.15) is 31.1 Å². The third-order valence-electron chi connectivity index (χ3n) is 5.54. The molecular weight excluding hydrogens is 424 g/mol. The molecule has 33 heavy (non-hydrogen) atoms. The number of hydrogen-bond donors (Lipinski definition) is 2. The van der Waals surface area contributed by atoms with Gasteiger partial charge < -0.3 is 29.9 Å². The van der Waals surface area contributed by atoms with Crippen LogP contribution in [0.3, 0.4) is 0 Å². The van der Waals surface area contributed by atoms with Crippen molar-refractivity contribution >= 4 is 29.5 Å². The molecule has 1 aliphatic rings. The van der Waals surface area contributed by atoms with Crippen LogP contribution in [0.15, 0.2) is 30.5 Å². The summed E-state index contributed by atoms with van der Waals surface area (Å²) in [7, 11) is 3.43. The maximum absolute atomic E-state index is 13.4. The Morgan fingerprint density at radius 2 is 2.09 bits per heavy atom. The van der Waals surface area contributed by atoms with E-state index in [2.05, 4.69) is 15.3 Å². The Hall–Kier alpha value is -3.56. The van der Waals surface area contributed by atoms with Crippen LogP contribution < -0.4 is 19.9 Å². The van der Waals surface area contributed by atoms with Crippen molar-refractivity contribution in [2.24, 2.45) is 5.92 Å². The second kappa shape index (κ2) is 10.4. The average molecular weight is 457 g/mol. The second-order valence-electron chi connectivity index (χ2n) is 8.40. The predicted molar refractivity (Wildman–Crippen MR) is 127 cm³/mol. The monoisotopic (exact) mass is 456 g/mol. The Balaban J connectivity index is 1.85. The standard InChI is InChI=1S/C23H32N6O4/c1-6-24-22-25-13-18-20(26-22)27(4)10-11-29(21(18)30)16-8-7-9-17(12-16)33-19(15(2)3)14-28(5)23(31)32/h7-9,12-13,15,19H,6,10-11,14H2,1-5H3,(H,31,32)(H,24,25,26). The van der Waals surface area contributed by atoms with Crippen molar-refractivity contribution in [3.05, 3.63) is 36.0 Å². The Bertz CT molecular complexity index is 999. The maximum atomic E-state index is 13.4. The lowest BCUT2D eigenvalue weighted by molar-refractivity contribution is 0.0965. The number of benzene rings is 1. The number of ether oxygens (including phenoxy) is 1. The van der Waals surface area contributed by atoms with E-state index in [1.165, 1.54) is 11.9 Å². The maximum Gasteiger partial charge on any atom is 0.407 e. The summed E-state index contributed by atoms with van der Waals surface area (Å²) in [6.45, 7) is 7.93. The number of rotatable bonds is 8. The van der Waals surface area contributed by atoms with E-state index in [9.17, 15) is 14.7 Å². The lowest BCUT2D eigenvalue weighted by Crippen LogP contribution is -2.39. The van der Waals surface area contributed by atoms with Crippen molar-refractivity contribution in [2.75, 3.05) is 55.4 Å². The molecule has 10 heteroatoms. The molecular formula is C23H32N6O4. The first-order chi connectivity index (χ1) is 15.7. The molecule has 2 amide bonds. The van der Waals surface area contributed by atoms with Gasteiger partial charge in [-0.15, -0.1) is 0 Å². The smallest absolute Gasteiger partial charge is 0.407 e. The van der Waals surface area contributed by atoms with Crippen molar-refractivity contribution in [2.45, 2.75) is 26.9 Å². The zero-order chi connectivity index (χ0) is 24.1. The Morgan fingerprint density at radius 3 is 2.76 bits per heavy atom. The van der Waals surface area contributed by atoms with E-state index < -0.39 is 6.09 Å². The van der Waals surface area contributed by atoms with Crippen LogP contribution in [-0.4, -0.2) is 78.4 Å². The average Bonchev–Trinajstić information content (AvgIpc) is 2.90. The lowest BCUT2D eigenvalue weighted by Gasteiger charge is -2.27. The van der Waals surface area contributed by atoms with Gasteiger partial charge in [0.05, 0.1) is 6.54 Å². The topological polar surface area (TPSA) is 111 Å². The number of carbonyl (C=O) groups excluding carboxylic acids is 1. The highest BCUT2D eigenvalue weighted by molar-refractivity contribution is 6.09. The van der Waals surface area contributed by atoms with Crippen molar-refractivity contribution in [1.29, 1.82) is 0 Å². The number of aromatic nitrogens is 2. The van der Waals surface area contributed by atoms with Gasteiger partial charge in [0, 0.05) is 51.7 Å². The minimum absolute atomic E-state index is 0.0962. The summed E-state index contributed by atoms with van der Waals surface area (Å²) in [5.41, 5.74) is 1.13. The van der Waals surface area contributed by atoms with Gasteiger partial charge in [-0.05, 0) is 25.0 Å². The Kier molecular flexibility index (Phi) is 7.57. The van der Waals surface area contributed by atoms with Gasteiger partial charge in [0.1, 0.15) is 23.2 Å². The number of hydrogen-bond acceptors (Lipinski definition) is 7. The van der Waals surface area contributed by atoms with Crippen LogP contribution in [0.4, 0.5) is 22.2 Å². The highest BCUT2D eigenvalue weighted by atomic mass is 16.5. The van der Waals surface area contributed by atoms with Crippen molar-refractivity contribution in [1.82, 2.24) is 14.9 Å². The van der Waals surface area contributed by atoms with Crippen LogP contribution in [0.5, 0.6) is 5.75 Å². The van der Waals surface area contributed by atoms with Gasteiger partial charge in [-0.1, -0.05) is 19.9 Å². The van der Waals surface area contributed by atoms with Gasteiger partial charge in [0.2, 0.25) is 5.95 Å². The number of carbonyl (C=O) groups is 2. The summed E-state index contributed by atoms with van der Waals surface area (Å²) in [5, 5.41) is 12.3. The summed E-state index contributed by atoms with van der Waals surface area (Å²) in [5.74, 6) is 1.58. The molecule has 0 saturated carbocycles. The SMILES string of the molecule is CCNc1ncc2c(n1)N(C)CCN(c1cccc(OC(CN(C)C(=O)O)C(C)C)c1)C2=O. The van der Waals surface area contributed by atoms with Gasteiger partial charge in [-0.25, -0.2) is 9.78 Å². The quantitative estimate of drug-likeness (QED) is 0.624.